The standard InChI is InChI=1S/C19H25F2N3O3.ClH/c20-19(21)27-14-8-6-13(7-9-14)24-10-2-5-16(18(24)26)23-17(25)15-4-1-3-12(15)11-22;/h6-9,12,15-16,19H,1-5,10-11,22H2,(H,23,25);1H/t12-,15-,16?;/m1./s1. The van der Waals surface area contributed by atoms with Crippen LogP contribution >= 0.6 is 12.4 Å². The van der Waals surface area contributed by atoms with Crippen LogP contribution in [-0.4, -0.2) is 37.6 Å². The van der Waals surface area contributed by atoms with Gasteiger partial charge >= 0.3 is 6.61 Å². The maximum atomic E-state index is 12.8. The molecule has 3 atom stereocenters. The largest absolute Gasteiger partial charge is 0.435 e. The van der Waals surface area contributed by atoms with Crippen molar-refractivity contribution in [2.75, 3.05) is 18.0 Å². The molecule has 1 saturated carbocycles. The maximum absolute atomic E-state index is 12.8. The van der Waals surface area contributed by atoms with Crippen LogP contribution in [0.2, 0.25) is 0 Å². The number of nitrogens with one attached hydrogen (secondary N) is 1. The molecule has 3 N–H and O–H groups in total. The summed E-state index contributed by atoms with van der Waals surface area (Å²) in [6.45, 7) is -1.88. The lowest BCUT2D eigenvalue weighted by atomic mass is 9.94. The van der Waals surface area contributed by atoms with Crippen molar-refractivity contribution in [2.24, 2.45) is 17.6 Å². The molecule has 0 radical (unpaired) electrons. The Morgan fingerprint density at radius 3 is 2.57 bits per heavy atom. The van der Waals surface area contributed by atoms with Gasteiger partial charge in [0.25, 0.3) is 0 Å². The van der Waals surface area contributed by atoms with Crippen molar-refractivity contribution in [3.63, 3.8) is 0 Å². The maximum Gasteiger partial charge on any atom is 0.387 e. The van der Waals surface area contributed by atoms with E-state index in [-0.39, 0.29) is 41.8 Å². The first-order chi connectivity index (χ1) is 13.0. The molecule has 1 saturated heterocycles. The zero-order valence-corrected chi connectivity index (χ0v) is 16.3. The number of alkyl halides is 2. The number of benzene rings is 1. The van der Waals surface area contributed by atoms with E-state index in [0.29, 0.717) is 25.2 Å². The van der Waals surface area contributed by atoms with Crippen LogP contribution in [-0.2, 0) is 9.59 Å². The number of anilines is 1. The molecular formula is C19H26ClF2N3O3. The number of amides is 2. The van der Waals surface area contributed by atoms with Gasteiger partial charge in [0.15, 0.2) is 0 Å². The highest BCUT2D eigenvalue weighted by atomic mass is 35.5. The Labute approximate surface area is 169 Å². The summed E-state index contributed by atoms with van der Waals surface area (Å²) in [6, 6.07) is 5.38. The molecule has 0 aromatic heterocycles. The highest BCUT2D eigenvalue weighted by Gasteiger charge is 2.36. The number of hydrogen-bond acceptors (Lipinski definition) is 4. The molecule has 2 aliphatic rings. The molecule has 2 amide bonds. The second kappa shape index (κ2) is 10.0. The molecule has 2 fully saturated rings. The van der Waals surface area contributed by atoms with Crippen LogP contribution in [0.4, 0.5) is 14.5 Å². The van der Waals surface area contributed by atoms with E-state index in [1.165, 1.54) is 12.1 Å². The van der Waals surface area contributed by atoms with Crippen LogP contribution < -0.4 is 20.7 Å². The van der Waals surface area contributed by atoms with Gasteiger partial charge in [0, 0.05) is 18.2 Å². The molecule has 1 aliphatic carbocycles. The average Bonchev–Trinajstić information content (AvgIpc) is 3.13. The summed E-state index contributed by atoms with van der Waals surface area (Å²) in [4.78, 5) is 27.0. The van der Waals surface area contributed by atoms with Crippen LogP contribution in [0.1, 0.15) is 32.1 Å². The number of nitrogens with zero attached hydrogens (tertiary/aromatic N) is 1. The van der Waals surface area contributed by atoms with Crippen molar-refractivity contribution >= 4 is 29.9 Å². The van der Waals surface area contributed by atoms with Crippen LogP contribution in [0.3, 0.4) is 0 Å². The third kappa shape index (κ3) is 5.11. The van der Waals surface area contributed by atoms with Gasteiger partial charge in [0.05, 0.1) is 0 Å². The second-order valence-corrected chi connectivity index (χ2v) is 7.10. The van der Waals surface area contributed by atoms with Crippen molar-refractivity contribution in [1.82, 2.24) is 5.32 Å². The van der Waals surface area contributed by atoms with Gasteiger partial charge in [-0.3, -0.25) is 9.59 Å². The van der Waals surface area contributed by atoms with Gasteiger partial charge in [-0.15, -0.1) is 12.4 Å². The predicted octanol–water partition coefficient (Wildman–Crippen LogP) is 2.70. The first-order valence-corrected chi connectivity index (χ1v) is 9.36. The molecule has 1 aliphatic heterocycles. The summed E-state index contributed by atoms with van der Waals surface area (Å²) in [5.41, 5.74) is 6.35. The molecule has 1 heterocycles. The van der Waals surface area contributed by atoms with Gasteiger partial charge in [-0.2, -0.15) is 8.78 Å². The Hall–Kier alpha value is -1.93. The number of carbonyl (C=O) groups excluding carboxylic acids is 2. The van der Waals surface area contributed by atoms with E-state index in [0.717, 1.165) is 25.7 Å². The van der Waals surface area contributed by atoms with Crippen molar-refractivity contribution < 1.29 is 23.1 Å². The molecule has 6 nitrogen and oxygen atoms in total. The molecular weight excluding hydrogens is 392 g/mol. The smallest absolute Gasteiger partial charge is 0.387 e. The summed E-state index contributed by atoms with van der Waals surface area (Å²) in [7, 11) is 0. The van der Waals surface area contributed by atoms with E-state index in [4.69, 9.17) is 5.73 Å². The predicted molar refractivity (Wildman–Crippen MR) is 104 cm³/mol. The van der Waals surface area contributed by atoms with Crippen LogP contribution in [0, 0.1) is 11.8 Å². The third-order valence-electron chi connectivity index (χ3n) is 5.43. The highest BCUT2D eigenvalue weighted by Crippen LogP contribution is 2.31. The van der Waals surface area contributed by atoms with Crippen molar-refractivity contribution in [3.8, 4) is 5.75 Å². The Morgan fingerprint density at radius 1 is 1.21 bits per heavy atom. The summed E-state index contributed by atoms with van der Waals surface area (Å²) in [6.07, 6.45) is 4.08. The van der Waals surface area contributed by atoms with Crippen molar-refractivity contribution in [1.29, 1.82) is 0 Å². The number of rotatable bonds is 6. The summed E-state index contributed by atoms with van der Waals surface area (Å²) >= 11 is 0. The lowest BCUT2D eigenvalue weighted by Gasteiger charge is -2.33. The molecule has 28 heavy (non-hydrogen) atoms. The van der Waals surface area contributed by atoms with Gasteiger partial charge in [-0.25, -0.2) is 0 Å². The van der Waals surface area contributed by atoms with Gasteiger partial charge in [0.1, 0.15) is 11.8 Å². The van der Waals surface area contributed by atoms with Gasteiger partial charge in [0.2, 0.25) is 11.8 Å². The monoisotopic (exact) mass is 417 g/mol. The average molecular weight is 418 g/mol. The van der Waals surface area contributed by atoms with E-state index in [9.17, 15) is 18.4 Å². The zero-order chi connectivity index (χ0) is 19.4. The lowest BCUT2D eigenvalue weighted by Crippen LogP contribution is -2.54. The number of ether oxygens (including phenoxy) is 1. The number of piperidine rings is 1. The molecule has 9 heteroatoms. The molecule has 0 spiro atoms. The number of nitrogens with two attached hydrogens (primary N) is 1. The number of hydrogen-bond donors (Lipinski definition) is 2. The summed E-state index contributed by atoms with van der Waals surface area (Å²) in [5.74, 6) is -0.175. The van der Waals surface area contributed by atoms with Gasteiger partial charge in [-0.1, -0.05) is 6.42 Å². The first kappa shape index (κ1) is 22.4. The van der Waals surface area contributed by atoms with Crippen molar-refractivity contribution in [3.05, 3.63) is 24.3 Å². The van der Waals surface area contributed by atoms with E-state index < -0.39 is 12.7 Å². The minimum Gasteiger partial charge on any atom is -0.435 e. The van der Waals surface area contributed by atoms with Gasteiger partial charge < -0.3 is 20.7 Å². The Morgan fingerprint density at radius 2 is 1.93 bits per heavy atom. The fourth-order valence-corrected chi connectivity index (χ4v) is 4.02. The zero-order valence-electron chi connectivity index (χ0n) is 15.5. The number of carbonyl (C=O) groups is 2. The Bertz CT molecular complexity index is 675. The van der Waals surface area contributed by atoms with Crippen LogP contribution in [0.25, 0.3) is 0 Å². The number of halogens is 3. The molecule has 1 aromatic carbocycles. The normalized spacial score (nSPS) is 24.8. The molecule has 156 valence electrons. The van der Waals surface area contributed by atoms with Gasteiger partial charge in [-0.05, 0) is 62.4 Å². The minimum absolute atomic E-state index is 0. The van der Waals surface area contributed by atoms with Crippen LogP contribution in [0.15, 0.2) is 24.3 Å². The van der Waals surface area contributed by atoms with Crippen molar-refractivity contribution in [2.45, 2.75) is 44.8 Å². The quantitative estimate of drug-likeness (QED) is 0.745. The lowest BCUT2D eigenvalue weighted by molar-refractivity contribution is -0.131. The minimum atomic E-state index is -2.89. The SMILES string of the molecule is Cl.NC[C@H]1CCC[C@H]1C(=O)NC1CCCN(c2ccc(OC(F)F)cc2)C1=O. The summed E-state index contributed by atoms with van der Waals surface area (Å²) < 4.78 is 28.8. The molecule has 1 unspecified atom stereocenters. The Kier molecular flexibility index (Phi) is 8.00. The summed E-state index contributed by atoms with van der Waals surface area (Å²) in [5, 5.41) is 2.90. The molecule has 3 rings (SSSR count). The topological polar surface area (TPSA) is 84.7 Å². The Balaban J connectivity index is 0.00000280. The molecule has 0 bridgehead atoms. The first-order valence-electron chi connectivity index (χ1n) is 9.36. The fraction of sp³-hybridized carbons (Fsp3) is 0.579. The highest BCUT2D eigenvalue weighted by molar-refractivity contribution is 6.00. The third-order valence-corrected chi connectivity index (χ3v) is 5.43. The van der Waals surface area contributed by atoms with E-state index in [1.54, 1.807) is 17.0 Å². The second-order valence-electron chi connectivity index (χ2n) is 7.10. The van der Waals surface area contributed by atoms with Crippen LogP contribution in [0.5, 0.6) is 5.75 Å². The van der Waals surface area contributed by atoms with E-state index >= 15 is 0 Å². The van der Waals surface area contributed by atoms with E-state index in [2.05, 4.69) is 10.1 Å². The molecule has 1 aromatic rings. The fourth-order valence-electron chi connectivity index (χ4n) is 4.02. The van der Waals surface area contributed by atoms with E-state index in [1.807, 2.05) is 0 Å².